The summed E-state index contributed by atoms with van der Waals surface area (Å²) in [7, 11) is 0. The molecule has 112 valence electrons. The van der Waals surface area contributed by atoms with E-state index in [0.29, 0.717) is 12.8 Å². The number of hydrogen-bond acceptors (Lipinski definition) is 4. The molecule has 0 heterocycles. The molecule has 0 saturated carbocycles. The van der Waals surface area contributed by atoms with E-state index in [1.807, 2.05) is 42.5 Å². The molecule has 0 bridgehead atoms. The van der Waals surface area contributed by atoms with Gasteiger partial charge in [-0.3, -0.25) is 4.79 Å². The number of amides is 1. The summed E-state index contributed by atoms with van der Waals surface area (Å²) in [6.07, 6.45) is 3.98. The van der Waals surface area contributed by atoms with Crippen LogP contribution in [-0.4, -0.2) is 29.6 Å². The number of aliphatic hydroxyl groups is 1. The molecule has 1 aromatic rings. The molecule has 5 nitrogen and oxygen atoms in total. The van der Waals surface area contributed by atoms with Crippen LogP contribution in [-0.2, 0) is 20.9 Å². The number of carbonyl (C=O) groups is 2. The third kappa shape index (κ3) is 4.72. The Morgan fingerprint density at radius 3 is 2.57 bits per heavy atom. The van der Waals surface area contributed by atoms with E-state index in [9.17, 15) is 14.7 Å². The number of nitrogens with one attached hydrogen (secondary N) is 1. The van der Waals surface area contributed by atoms with Gasteiger partial charge < -0.3 is 15.2 Å². The fourth-order valence-corrected chi connectivity index (χ4v) is 2.08. The second kappa shape index (κ2) is 7.59. The average molecular weight is 289 g/mol. The zero-order chi connectivity index (χ0) is 15.1. The van der Waals surface area contributed by atoms with Gasteiger partial charge in [0.05, 0.1) is 6.54 Å². The highest BCUT2D eigenvalue weighted by Crippen LogP contribution is 2.17. The second-order valence-electron chi connectivity index (χ2n) is 4.99. The van der Waals surface area contributed by atoms with Crippen molar-refractivity contribution in [2.75, 3.05) is 6.54 Å². The van der Waals surface area contributed by atoms with E-state index in [4.69, 9.17) is 4.74 Å². The molecule has 5 heteroatoms. The maximum atomic E-state index is 11.7. The van der Waals surface area contributed by atoms with Gasteiger partial charge in [0.25, 0.3) is 0 Å². The minimum Gasteiger partial charge on any atom is -0.459 e. The summed E-state index contributed by atoms with van der Waals surface area (Å²) < 4.78 is 5.00. The predicted molar refractivity (Wildman–Crippen MR) is 77.1 cm³/mol. The monoisotopic (exact) mass is 289 g/mol. The summed E-state index contributed by atoms with van der Waals surface area (Å²) in [4.78, 5) is 23.4. The number of hydrogen-bond donors (Lipinski definition) is 2. The Hall–Kier alpha value is -2.14. The Bertz CT molecular complexity index is 504. The topological polar surface area (TPSA) is 75.6 Å². The third-order valence-electron chi connectivity index (χ3n) is 3.34. The fraction of sp³-hybridized carbons (Fsp3) is 0.375. The van der Waals surface area contributed by atoms with Crippen LogP contribution in [0.25, 0.3) is 0 Å². The van der Waals surface area contributed by atoms with Crippen LogP contribution in [0.5, 0.6) is 0 Å². The number of benzene rings is 1. The first-order chi connectivity index (χ1) is 10.2. The molecular weight excluding hydrogens is 270 g/mol. The molecule has 1 aliphatic rings. The first-order valence-corrected chi connectivity index (χ1v) is 6.98. The van der Waals surface area contributed by atoms with Crippen molar-refractivity contribution in [1.82, 2.24) is 5.32 Å². The Balaban J connectivity index is 1.68. The largest absolute Gasteiger partial charge is 0.459 e. The van der Waals surface area contributed by atoms with Crippen molar-refractivity contribution in [3.8, 4) is 0 Å². The molecule has 1 amide bonds. The van der Waals surface area contributed by atoms with E-state index < -0.39 is 12.1 Å². The lowest BCUT2D eigenvalue weighted by Crippen LogP contribution is -2.39. The van der Waals surface area contributed by atoms with E-state index in [-0.39, 0.29) is 25.0 Å². The molecule has 0 fully saturated rings. The number of esters is 1. The molecule has 2 N–H and O–H groups in total. The van der Waals surface area contributed by atoms with E-state index in [2.05, 4.69) is 5.32 Å². The molecule has 1 aromatic carbocycles. The maximum Gasteiger partial charge on any atom is 0.337 e. The number of allylic oxidation sites excluding steroid dienone is 2. The highest BCUT2D eigenvalue weighted by atomic mass is 16.5. The van der Waals surface area contributed by atoms with Gasteiger partial charge >= 0.3 is 5.97 Å². The van der Waals surface area contributed by atoms with Gasteiger partial charge in [-0.15, -0.1) is 0 Å². The molecule has 0 spiro atoms. The molecule has 0 radical (unpaired) electrons. The maximum absolute atomic E-state index is 11.7. The number of ether oxygens (including phenoxy) is 1. The lowest BCUT2D eigenvalue weighted by molar-refractivity contribution is -0.154. The minimum atomic E-state index is -1.34. The molecule has 2 rings (SSSR count). The molecular formula is C16H19NO4. The molecule has 1 atom stereocenters. The van der Waals surface area contributed by atoms with Crippen LogP contribution in [0, 0.1) is 5.92 Å². The Kier molecular flexibility index (Phi) is 5.51. The van der Waals surface area contributed by atoms with Crippen molar-refractivity contribution in [2.45, 2.75) is 25.6 Å². The van der Waals surface area contributed by atoms with E-state index in [0.717, 1.165) is 5.56 Å². The van der Waals surface area contributed by atoms with Crippen molar-refractivity contribution in [1.29, 1.82) is 0 Å². The van der Waals surface area contributed by atoms with Crippen LogP contribution < -0.4 is 5.32 Å². The number of rotatable bonds is 6. The van der Waals surface area contributed by atoms with Gasteiger partial charge in [-0.2, -0.15) is 0 Å². The summed E-state index contributed by atoms with van der Waals surface area (Å²) in [5, 5.41) is 12.3. The zero-order valence-electron chi connectivity index (χ0n) is 11.7. The van der Waals surface area contributed by atoms with Gasteiger partial charge in [-0.1, -0.05) is 42.5 Å². The molecule has 21 heavy (non-hydrogen) atoms. The summed E-state index contributed by atoms with van der Waals surface area (Å²) >= 11 is 0. The molecule has 0 saturated heterocycles. The van der Waals surface area contributed by atoms with Crippen LogP contribution in [0.15, 0.2) is 42.5 Å². The van der Waals surface area contributed by atoms with Gasteiger partial charge in [0.2, 0.25) is 5.91 Å². The highest BCUT2D eigenvalue weighted by molar-refractivity contribution is 5.81. The molecule has 1 unspecified atom stereocenters. The third-order valence-corrected chi connectivity index (χ3v) is 3.34. The predicted octanol–water partition coefficient (Wildman–Crippen LogP) is 1.17. The summed E-state index contributed by atoms with van der Waals surface area (Å²) in [5.74, 6) is -0.962. The minimum absolute atomic E-state index is 0.0856. The second-order valence-corrected chi connectivity index (χ2v) is 4.99. The van der Waals surface area contributed by atoms with E-state index in [1.54, 1.807) is 0 Å². The standard InChI is InChI=1S/C16H19NO4/c18-14(10-17-15(19)13-8-4-5-9-13)16(20)21-11-12-6-2-1-3-7-12/h1-7,13-14,18H,8-11H2,(H,17,19). The summed E-state index contributed by atoms with van der Waals surface area (Å²) in [6.45, 7) is -0.0137. The highest BCUT2D eigenvalue weighted by Gasteiger charge is 2.22. The van der Waals surface area contributed by atoms with Gasteiger partial charge in [-0.25, -0.2) is 4.79 Å². The number of carbonyl (C=O) groups excluding carboxylic acids is 2. The van der Waals surface area contributed by atoms with Gasteiger partial charge in [0.1, 0.15) is 6.61 Å². The first-order valence-electron chi connectivity index (χ1n) is 6.98. The lowest BCUT2D eigenvalue weighted by atomic mass is 10.1. The van der Waals surface area contributed by atoms with E-state index in [1.165, 1.54) is 0 Å². The van der Waals surface area contributed by atoms with E-state index >= 15 is 0 Å². The van der Waals surface area contributed by atoms with Crippen molar-refractivity contribution >= 4 is 11.9 Å². The van der Waals surface area contributed by atoms with Crippen LogP contribution >= 0.6 is 0 Å². The quantitative estimate of drug-likeness (QED) is 0.609. The lowest BCUT2D eigenvalue weighted by Gasteiger charge is -2.14. The van der Waals surface area contributed by atoms with Gasteiger partial charge in [0, 0.05) is 5.92 Å². The van der Waals surface area contributed by atoms with Crippen molar-refractivity contribution < 1.29 is 19.4 Å². The summed E-state index contributed by atoms with van der Waals surface area (Å²) in [6, 6.07) is 9.21. The van der Waals surface area contributed by atoms with Crippen molar-refractivity contribution in [3.05, 3.63) is 48.0 Å². The zero-order valence-corrected chi connectivity index (χ0v) is 11.7. The first kappa shape index (κ1) is 15.3. The van der Waals surface area contributed by atoms with Crippen LogP contribution in [0.3, 0.4) is 0 Å². The van der Waals surface area contributed by atoms with Gasteiger partial charge in [0.15, 0.2) is 6.10 Å². The van der Waals surface area contributed by atoms with Gasteiger partial charge in [-0.05, 0) is 18.4 Å². The Labute approximate surface area is 123 Å². The van der Waals surface area contributed by atoms with Crippen molar-refractivity contribution in [3.63, 3.8) is 0 Å². The Morgan fingerprint density at radius 1 is 1.24 bits per heavy atom. The van der Waals surface area contributed by atoms with Crippen LogP contribution in [0.4, 0.5) is 0 Å². The normalized spacial score (nSPS) is 15.7. The smallest absolute Gasteiger partial charge is 0.337 e. The fourth-order valence-electron chi connectivity index (χ4n) is 2.08. The average Bonchev–Trinajstić information content (AvgIpc) is 3.05. The van der Waals surface area contributed by atoms with Crippen molar-refractivity contribution in [2.24, 2.45) is 5.92 Å². The molecule has 1 aliphatic carbocycles. The molecule has 0 aromatic heterocycles. The number of aliphatic hydroxyl groups excluding tert-OH is 1. The van der Waals surface area contributed by atoms with Crippen LogP contribution in [0.2, 0.25) is 0 Å². The Morgan fingerprint density at radius 2 is 1.90 bits per heavy atom. The molecule has 0 aliphatic heterocycles. The summed E-state index contributed by atoms with van der Waals surface area (Å²) in [5.41, 5.74) is 0.846. The SMILES string of the molecule is O=C(OCc1ccccc1)C(O)CNC(=O)C1CC=CC1. The van der Waals surface area contributed by atoms with Crippen LogP contribution in [0.1, 0.15) is 18.4 Å².